The summed E-state index contributed by atoms with van der Waals surface area (Å²) in [6.45, 7) is 5.30. The molecule has 138 valence electrons. The summed E-state index contributed by atoms with van der Waals surface area (Å²) in [6, 6.07) is 9.71. The number of hydrogen-bond donors (Lipinski definition) is 2. The molecule has 0 atom stereocenters. The first kappa shape index (κ1) is 18.0. The fourth-order valence-corrected chi connectivity index (χ4v) is 3.35. The van der Waals surface area contributed by atoms with Gasteiger partial charge in [-0.25, -0.2) is 9.48 Å². The number of carbonyl (C=O) groups is 2. The van der Waals surface area contributed by atoms with Crippen molar-refractivity contribution in [3.63, 3.8) is 0 Å². The van der Waals surface area contributed by atoms with E-state index in [1.807, 2.05) is 48.9 Å². The second kappa shape index (κ2) is 7.59. The average Bonchev–Trinajstić information content (AvgIpc) is 2.98. The van der Waals surface area contributed by atoms with E-state index in [-0.39, 0.29) is 11.9 Å². The Morgan fingerprint density at radius 1 is 1.23 bits per heavy atom. The molecule has 1 aromatic carbocycles. The minimum absolute atomic E-state index is 0.156. The molecule has 1 saturated heterocycles. The molecule has 0 saturated carbocycles. The Bertz CT molecular complexity index is 807. The number of aryl methyl sites for hydroxylation is 2. The molecule has 1 aliphatic heterocycles. The molecular weight excluding hydrogens is 332 g/mol. The molecule has 1 aliphatic rings. The van der Waals surface area contributed by atoms with Crippen LogP contribution in [0.2, 0.25) is 0 Å². The normalized spacial score (nSPS) is 15.1. The number of likely N-dealkylation sites (tertiary alicyclic amines) is 1. The van der Waals surface area contributed by atoms with Gasteiger partial charge in [-0.1, -0.05) is 18.2 Å². The number of nitrogens with one attached hydrogen (secondary N) is 1. The van der Waals surface area contributed by atoms with Gasteiger partial charge in [-0.3, -0.25) is 4.79 Å². The maximum Gasteiger partial charge on any atom is 0.317 e. The van der Waals surface area contributed by atoms with E-state index in [0.717, 1.165) is 22.6 Å². The van der Waals surface area contributed by atoms with Crippen LogP contribution in [0, 0.1) is 19.8 Å². The third-order valence-corrected chi connectivity index (χ3v) is 4.79. The Morgan fingerprint density at radius 3 is 2.54 bits per heavy atom. The monoisotopic (exact) mass is 356 g/mol. The Balaban J connectivity index is 1.65. The number of urea groups is 1. The number of para-hydroxylation sites is 1. The molecular formula is C19H24N4O3. The topological polar surface area (TPSA) is 87.5 Å². The lowest BCUT2D eigenvalue weighted by Gasteiger charge is -2.30. The third kappa shape index (κ3) is 3.87. The highest BCUT2D eigenvalue weighted by molar-refractivity contribution is 5.75. The molecule has 1 aromatic heterocycles. The van der Waals surface area contributed by atoms with Crippen LogP contribution >= 0.6 is 0 Å². The van der Waals surface area contributed by atoms with Gasteiger partial charge < -0.3 is 15.3 Å². The second-order valence-corrected chi connectivity index (χ2v) is 6.73. The largest absolute Gasteiger partial charge is 0.481 e. The Kier molecular flexibility index (Phi) is 5.25. The SMILES string of the molecule is Cc1cc(C)n(-c2ccccc2CNC(=O)N2CCC(C(=O)O)CC2)n1. The summed E-state index contributed by atoms with van der Waals surface area (Å²) in [7, 11) is 0. The van der Waals surface area contributed by atoms with Crippen molar-refractivity contribution in [1.29, 1.82) is 0 Å². The van der Waals surface area contributed by atoms with Crippen LogP contribution < -0.4 is 5.32 Å². The van der Waals surface area contributed by atoms with E-state index in [0.29, 0.717) is 32.5 Å². The van der Waals surface area contributed by atoms with Crippen molar-refractivity contribution in [2.45, 2.75) is 33.2 Å². The smallest absolute Gasteiger partial charge is 0.317 e. The first-order valence-corrected chi connectivity index (χ1v) is 8.83. The molecule has 2 heterocycles. The molecule has 3 rings (SSSR count). The highest BCUT2D eigenvalue weighted by Gasteiger charge is 2.26. The minimum Gasteiger partial charge on any atom is -0.481 e. The number of carboxylic acids is 1. The number of aliphatic carboxylic acids is 1. The van der Waals surface area contributed by atoms with Crippen molar-refractivity contribution >= 4 is 12.0 Å². The third-order valence-electron chi connectivity index (χ3n) is 4.79. The summed E-state index contributed by atoms with van der Waals surface area (Å²) in [5.74, 6) is -1.12. The minimum atomic E-state index is -0.774. The van der Waals surface area contributed by atoms with E-state index >= 15 is 0 Å². The lowest BCUT2D eigenvalue weighted by atomic mass is 9.97. The van der Waals surface area contributed by atoms with Gasteiger partial charge in [0.2, 0.25) is 0 Å². The predicted molar refractivity (Wildman–Crippen MR) is 97.2 cm³/mol. The van der Waals surface area contributed by atoms with Crippen LogP contribution in [0.5, 0.6) is 0 Å². The van der Waals surface area contributed by atoms with E-state index in [2.05, 4.69) is 10.4 Å². The second-order valence-electron chi connectivity index (χ2n) is 6.73. The number of hydrogen-bond acceptors (Lipinski definition) is 3. The maximum absolute atomic E-state index is 12.4. The van der Waals surface area contributed by atoms with Crippen molar-refractivity contribution in [1.82, 2.24) is 20.0 Å². The van der Waals surface area contributed by atoms with Crippen molar-refractivity contribution in [3.05, 3.63) is 47.3 Å². The van der Waals surface area contributed by atoms with Crippen LogP contribution in [-0.2, 0) is 11.3 Å². The molecule has 0 aliphatic carbocycles. The number of aromatic nitrogens is 2. The summed E-state index contributed by atoms with van der Waals surface area (Å²) in [4.78, 5) is 25.1. The van der Waals surface area contributed by atoms with Crippen LogP contribution in [0.1, 0.15) is 29.8 Å². The number of nitrogens with zero attached hydrogens (tertiary/aromatic N) is 3. The van der Waals surface area contributed by atoms with Crippen LogP contribution in [0.25, 0.3) is 5.69 Å². The van der Waals surface area contributed by atoms with E-state index in [1.54, 1.807) is 4.90 Å². The van der Waals surface area contributed by atoms with Gasteiger partial charge in [-0.05, 0) is 44.4 Å². The van der Waals surface area contributed by atoms with Gasteiger partial charge in [-0.2, -0.15) is 5.10 Å². The Morgan fingerprint density at radius 2 is 1.92 bits per heavy atom. The molecule has 26 heavy (non-hydrogen) atoms. The number of benzene rings is 1. The summed E-state index contributed by atoms with van der Waals surface area (Å²) in [5.41, 5.74) is 3.91. The van der Waals surface area contributed by atoms with E-state index in [9.17, 15) is 9.59 Å². The van der Waals surface area contributed by atoms with Crippen molar-refractivity contribution in [2.24, 2.45) is 5.92 Å². The molecule has 7 heteroatoms. The fourth-order valence-electron chi connectivity index (χ4n) is 3.35. The summed E-state index contributed by atoms with van der Waals surface area (Å²) >= 11 is 0. The van der Waals surface area contributed by atoms with E-state index in [4.69, 9.17) is 5.11 Å². The zero-order valence-corrected chi connectivity index (χ0v) is 15.1. The van der Waals surface area contributed by atoms with Gasteiger partial charge in [0.15, 0.2) is 0 Å². The van der Waals surface area contributed by atoms with Gasteiger partial charge in [0, 0.05) is 25.3 Å². The van der Waals surface area contributed by atoms with E-state index < -0.39 is 5.97 Å². The van der Waals surface area contributed by atoms with Gasteiger partial charge in [-0.15, -0.1) is 0 Å². The Hall–Kier alpha value is -2.83. The summed E-state index contributed by atoms with van der Waals surface area (Å²) < 4.78 is 1.88. The number of amides is 2. The fraction of sp³-hybridized carbons (Fsp3) is 0.421. The van der Waals surface area contributed by atoms with Crippen LogP contribution in [0.15, 0.2) is 30.3 Å². The number of carbonyl (C=O) groups excluding carboxylic acids is 1. The Labute approximate surface area is 152 Å². The lowest BCUT2D eigenvalue weighted by Crippen LogP contribution is -2.45. The first-order valence-electron chi connectivity index (χ1n) is 8.83. The van der Waals surface area contributed by atoms with E-state index in [1.165, 1.54) is 0 Å². The first-order chi connectivity index (χ1) is 12.5. The summed E-state index contributed by atoms with van der Waals surface area (Å²) in [5, 5.41) is 16.5. The molecule has 0 bridgehead atoms. The summed E-state index contributed by atoms with van der Waals surface area (Å²) in [6.07, 6.45) is 1.01. The quantitative estimate of drug-likeness (QED) is 0.881. The van der Waals surface area contributed by atoms with Gasteiger partial charge in [0.25, 0.3) is 0 Å². The molecule has 2 aromatic rings. The zero-order chi connectivity index (χ0) is 18.7. The highest BCUT2D eigenvalue weighted by Crippen LogP contribution is 2.19. The molecule has 2 amide bonds. The van der Waals surface area contributed by atoms with Crippen LogP contribution in [0.3, 0.4) is 0 Å². The molecule has 1 fully saturated rings. The highest BCUT2D eigenvalue weighted by atomic mass is 16.4. The molecule has 7 nitrogen and oxygen atoms in total. The molecule has 0 unspecified atom stereocenters. The molecule has 0 spiro atoms. The lowest BCUT2D eigenvalue weighted by molar-refractivity contribution is -0.143. The van der Waals surface area contributed by atoms with Gasteiger partial charge in [0.05, 0.1) is 17.3 Å². The molecule has 2 N–H and O–H groups in total. The molecule has 0 radical (unpaired) electrons. The number of carboxylic acid groups (broad SMARTS) is 1. The standard InChI is InChI=1S/C19H24N4O3/c1-13-11-14(2)23(21-13)17-6-4-3-5-16(17)12-20-19(26)22-9-7-15(8-10-22)18(24)25/h3-6,11,15H,7-10,12H2,1-2H3,(H,20,26)(H,24,25). The van der Waals surface area contributed by atoms with Crippen molar-refractivity contribution in [3.8, 4) is 5.69 Å². The van der Waals surface area contributed by atoms with Crippen molar-refractivity contribution < 1.29 is 14.7 Å². The average molecular weight is 356 g/mol. The maximum atomic E-state index is 12.4. The predicted octanol–water partition coefficient (Wildman–Crippen LogP) is 2.50. The van der Waals surface area contributed by atoms with Gasteiger partial charge >= 0.3 is 12.0 Å². The zero-order valence-electron chi connectivity index (χ0n) is 15.1. The van der Waals surface area contributed by atoms with Crippen molar-refractivity contribution in [2.75, 3.05) is 13.1 Å². The number of piperidine rings is 1. The van der Waals surface area contributed by atoms with Crippen LogP contribution in [-0.4, -0.2) is 44.9 Å². The number of rotatable bonds is 4. The van der Waals surface area contributed by atoms with Gasteiger partial charge in [0.1, 0.15) is 0 Å². The van der Waals surface area contributed by atoms with Crippen LogP contribution in [0.4, 0.5) is 4.79 Å².